The normalized spacial score (nSPS) is 14.3. The van der Waals surface area contributed by atoms with Crippen molar-refractivity contribution in [3.05, 3.63) is 50.4 Å². The van der Waals surface area contributed by atoms with E-state index in [1.54, 1.807) is 12.4 Å². The molecule has 5 heteroatoms. The molecule has 1 saturated carbocycles. The average Bonchev–Trinajstić information content (AvgIpc) is 3.23. The molecular formula is C15H15BrN2OS. The second-order valence-corrected chi connectivity index (χ2v) is 7.46. The SMILES string of the molecule is Cc1cc(C(=O)N(Cc2ccncc2)C2CC2)sc1Br. The van der Waals surface area contributed by atoms with Gasteiger partial charge in [0.2, 0.25) is 0 Å². The first kappa shape index (κ1) is 13.8. The fraction of sp³-hybridized carbons (Fsp3) is 0.333. The van der Waals surface area contributed by atoms with E-state index in [1.807, 2.05) is 30.0 Å². The lowest BCUT2D eigenvalue weighted by molar-refractivity contribution is 0.0735. The first-order valence-electron chi connectivity index (χ1n) is 6.61. The maximum absolute atomic E-state index is 12.7. The molecule has 104 valence electrons. The Morgan fingerprint density at radius 2 is 2.15 bits per heavy atom. The van der Waals surface area contributed by atoms with E-state index >= 15 is 0 Å². The molecule has 2 heterocycles. The number of thiophene rings is 1. The Kier molecular flexibility index (Phi) is 3.89. The monoisotopic (exact) mass is 350 g/mol. The van der Waals surface area contributed by atoms with Gasteiger partial charge in [0.1, 0.15) is 0 Å². The minimum absolute atomic E-state index is 0.142. The second kappa shape index (κ2) is 5.66. The number of carbonyl (C=O) groups is 1. The summed E-state index contributed by atoms with van der Waals surface area (Å²) in [7, 11) is 0. The van der Waals surface area contributed by atoms with E-state index in [2.05, 4.69) is 20.9 Å². The molecule has 3 rings (SSSR count). The lowest BCUT2D eigenvalue weighted by atomic mass is 10.2. The van der Waals surface area contributed by atoms with Crippen molar-refractivity contribution in [2.24, 2.45) is 0 Å². The molecule has 0 bridgehead atoms. The Labute approximate surface area is 130 Å². The standard InChI is InChI=1S/C15H15BrN2OS/c1-10-8-13(20-14(10)16)15(19)18(12-2-3-12)9-11-4-6-17-7-5-11/h4-8,12H,2-3,9H2,1H3. The van der Waals surface area contributed by atoms with Crippen molar-refractivity contribution in [1.29, 1.82) is 0 Å². The quantitative estimate of drug-likeness (QED) is 0.834. The fourth-order valence-electron chi connectivity index (χ4n) is 2.14. The van der Waals surface area contributed by atoms with Crippen LogP contribution in [0.5, 0.6) is 0 Å². The highest BCUT2D eigenvalue weighted by Gasteiger charge is 2.33. The third-order valence-corrected chi connectivity index (χ3v) is 5.54. The molecule has 0 N–H and O–H groups in total. The van der Waals surface area contributed by atoms with Gasteiger partial charge in [0.05, 0.1) is 8.66 Å². The number of rotatable bonds is 4. The highest BCUT2D eigenvalue weighted by molar-refractivity contribution is 9.11. The average molecular weight is 351 g/mol. The number of halogens is 1. The lowest BCUT2D eigenvalue weighted by Crippen LogP contribution is -2.32. The summed E-state index contributed by atoms with van der Waals surface area (Å²) < 4.78 is 1.04. The summed E-state index contributed by atoms with van der Waals surface area (Å²) in [4.78, 5) is 19.5. The molecular weight excluding hydrogens is 336 g/mol. The lowest BCUT2D eigenvalue weighted by Gasteiger charge is -2.21. The predicted molar refractivity (Wildman–Crippen MR) is 83.9 cm³/mol. The van der Waals surface area contributed by atoms with E-state index in [-0.39, 0.29) is 5.91 Å². The molecule has 0 aliphatic heterocycles. The summed E-state index contributed by atoms with van der Waals surface area (Å²) >= 11 is 5.01. The van der Waals surface area contributed by atoms with E-state index < -0.39 is 0 Å². The summed E-state index contributed by atoms with van der Waals surface area (Å²) in [5, 5.41) is 0. The van der Waals surface area contributed by atoms with Crippen LogP contribution in [0, 0.1) is 6.92 Å². The number of aryl methyl sites for hydroxylation is 1. The van der Waals surface area contributed by atoms with Crippen molar-refractivity contribution in [3.63, 3.8) is 0 Å². The highest BCUT2D eigenvalue weighted by atomic mass is 79.9. The van der Waals surface area contributed by atoms with Gasteiger partial charge in [-0.05, 0) is 65.0 Å². The summed E-state index contributed by atoms with van der Waals surface area (Å²) in [5.74, 6) is 0.142. The van der Waals surface area contributed by atoms with Crippen LogP contribution >= 0.6 is 27.3 Å². The van der Waals surface area contributed by atoms with Crippen LogP contribution in [0.3, 0.4) is 0 Å². The van der Waals surface area contributed by atoms with Crippen LogP contribution in [-0.2, 0) is 6.54 Å². The van der Waals surface area contributed by atoms with Crippen LogP contribution in [0.1, 0.15) is 33.6 Å². The number of pyridine rings is 1. The van der Waals surface area contributed by atoms with E-state index in [4.69, 9.17) is 0 Å². The number of hydrogen-bond donors (Lipinski definition) is 0. The number of carbonyl (C=O) groups excluding carboxylic acids is 1. The van der Waals surface area contributed by atoms with Crippen LogP contribution in [-0.4, -0.2) is 21.8 Å². The largest absolute Gasteiger partial charge is 0.331 e. The first-order valence-corrected chi connectivity index (χ1v) is 8.22. The Hall–Kier alpha value is -1.20. The molecule has 20 heavy (non-hydrogen) atoms. The summed E-state index contributed by atoms with van der Waals surface area (Å²) in [6, 6.07) is 6.31. The van der Waals surface area contributed by atoms with Crippen molar-refractivity contribution < 1.29 is 4.79 Å². The van der Waals surface area contributed by atoms with Gasteiger partial charge in [-0.2, -0.15) is 0 Å². The third kappa shape index (κ3) is 2.94. The number of amides is 1. The smallest absolute Gasteiger partial charge is 0.264 e. The van der Waals surface area contributed by atoms with Crippen molar-refractivity contribution in [3.8, 4) is 0 Å². The zero-order valence-corrected chi connectivity index (χ0v) is 13.6. The van der Waals surface area contributed by atoms with Crippen LogP contribution in [0.2, 0.25) is 0 Å². The predicted octanol–water partition coefficient (Wildman–Crippen LogP) is 4.02. The minimum atomic E-state index is 0.142. The van der Waals surface area contributed by atoms with E-state index in [0.717, 1.165) is 32.6 Å². The van der Waals surface area contributed by atoms with Gasteiger partial charge < -0.3 is 4.90 Å². The topological polar surface area (TPSA) is 33.2 Å². The number of aromatic nitrogens is 1. The van der Waals surface area contributed by atoms with Gasteiger partial charge in [0.15, 0.2) is 0 Å². The van der Waals surface area contributed by atoms with Gasteiger partial charge in [-0.25, -0.2) is 0 Å². The summed E-state index contributed by atoms with van der Waals surface area (Å²) in [5.41, 5.74) is 2.26. The van der Waals surface area contributed by atoms with E-state index in [0.29, 0.717) is 12.6 Å². The van der Waals surface area contributed by atoms with Gasteiger partial charge in [-0.15, -0.1) is 11.3 Å². The molecule has 0 unspecified atom stereocenters. The Bertz CT molecular complexity index is 603. The van der Waals surface area contributed by atoms with Gasteiger partial charge in [0.25, 0.3) is 5.91 Å². The fourth-order valence-corrected chi connectivity index (χ4v) is 3.64. The highest BCUT2D eigenvalue weighted by Crippen LogP contribution is 2.33. The third-order valence-electron chi connectivity index (χ3n) is 3.42. The van der Waals surface area contributed by atoms with Gasteiger partial charge >= 0.3 is 0 Å². The second-order valence-electron chi connectivity index (χ2n) is 5.09. The number of hydrogen-bond acceptors (Lipinski definition) is 3. The van der Waals surface area contributed by atoms with Gasteiger partial charge in [-0.1, -0.05) is 0 Å². The maximum atomic E-state index is 12.7. The molecule has 0 atom stereocenters. The van der Waals surface area contributed by atoms with Crippen molar-refractivity contribution in [2.45, 2.75) is 32.4 Å². The van der Waals surface area contributed by atoms with Gasteiger partial charge in [-0.3, -0.25) is 9.78 Å². The molecule has 2 aromatic heterocycles. The maximum Gasteiger partial charge on any atom is 0.264 e. The zero-order chi connectivity index (χ0) is 14.1. The van der Waals surface area contributed by atoms with E-state index in [9.17, 15) is 4.79 Å². The van der Waals surface area contributed by atoms with Gasteiger partial charge in [0, 0.05) is 25.0 Å². The van der Waals surface area contributed by atoms with Crippen molar-refractivity contribution >= 4 is 33.2 Å². The Balaban J connectivity index is 1.82. The Morgan fingerprint density at radius 3 is 2.70 bits per heavy atom. The molecule has 0 radical (unpaired) electrons. The van der Waals surface area contributed by atoms with Crippen LogP contribution in [0.4, 0.5) is 0 Å². The molecule has 3 nitrogen and oxygen atoms in total. The van der Waals surface area contributed by atoms with E-state index in [1.165, 1.54) is 11.3 Å². The molecule has 0 aromatic carbocycles. The number of nitrogens with zero attached hydrogens (tertiary/aromatic N) is 2. The summed E-state index contributed by atoms with van der Waals surface area (Å²) in [6.45, 7) is 2.68. The first-order chi connectivity index (χ1) is 9.65. The molecule has 1 fully saturated rings. The molecule has 1 aliphatic carbocycles. The minimum Gasteiger partial charge on any atom is -0.331 e. The van der Waals surface area contributed by atoms with Crippen LogP contribution in [0.25, 0.3) is 0 Å². The molecule has 2 aromatic rings. The molecule has 1 aliphatic rings. The van der Waals surface area contributed by atoms with Crippen LogP contribution in [0.15, 0.2) is 34.4 Å². The summed E-state index contributed by atoms with van der Waals surface area (Å²) in [6.07, 6.45) is 5.78. The van der Waals surface area contributed by atoms with Crippen molar-refractivity contribution in [1.82, 2.24) is 9.88 Å². The Morgan fingerprint density at radius 1 is 1.45 bits per heavy atom. The zero-order valence-electron chi connectivity index (χ0n) is 11.2. The van der Waals surface area contributed by atoms with Crippen molar-refractivity contribution in [2.75, 3.05) is 0 Å². The van der Waals surface area contributed by atoms with Crippen LogP contribution < -0.4 is 0 Å². The molecule has 0 saturated heterocycles. The molecule has 1 amide bonds. The molecule has 0 spiro atoms.